The lowest BCUT2D eigenvalue weighted by molar-refractivity contribution is -0.385. The molecule has 15 heavy (non-hydrogen) atoms. The van der Waals surface area contributed by atoms with Crippen LogP contribution in [0.15, 0.2) is 24.3 Å². The van der Waals surface area contributed by atoms with Crippen LogP contribution in [0.2, 0.25) is 0 Å². The monoisotopic (exact) mass is 207 g/mol. The zero-order chi connectivity index (χ0) is 11.0. The molecule has 1 aliphatic carbocycles. The van der Waals surface area contributed by atoms with E-state index in [0.717, 1.165) is 0 Å². The summed E-state index contributed by atoms with van der Waals surface area (Å²) in [5.41, 5.74) is 0.993. The van der Waals surface area contributed by atoms with E-state index >= 15 is 0 Å². The van der Waals surface area contributed by atoms with Gasteiger partial charge in [0.2, 0.25) is 0 Å². The Hall–Kier alpha value is -1.72. The number of benzene rings is 1. The molecule has 0 aromatic heterocycles. The topological polar surface area (TPSA) is 83.6 Å². The van der Waals surface area contributed by atoms with Crippen molar-refractivity contribution in [2.24, 2.45) is 0 Å². The second-order valence-electron chi connectivity index (χ2n) is 3.36. The van der Waals surface area contributed by atoms with Crippen molar-refractivity contribution in [2.75, 3.05) is 0 Å². The molecule has 0 amide bonds. The molecule has 5 heteroatoms. The van der Waals surface area contributed by atoms with Crippen molar-refractivity contribution >= 4 is 11.8 Å². The van der Waals surface area contributed by atoms with Crippen molar-refractivity contribution in [1.29, 1.82) is 0 Å². The molecule has 0 fully saturated rings. The van der Waals surface area contributed by atoms with Crippen LogP contribution in [-0.4, -0.2) is 21.2 Å². The summed E-state index contributed by atoms with van der Waals surface area (Å²) in [7, 11) is 0. The van der Waals surface area contributed by atoms with Gasteiger partial charge in [-0.3, -0.25) is 10.1 Å². The average Bonchev–Trinajstić information content (AvgIpc) is 2.23. The number of aliphatic hydroxyl groups excluding tert-OH is 2. The van der Waals surface area contributed by atoms with Gasteiger partial charge in [0.25, 0.3) is 5.69 Å². The second-order valence-corrected chi connectivity index (χ2v) is 3.36. The third kappa shape index (κ3) is 1.62. The molecule has 2 atom stereocenters. The fraction of sp³-hybridized carbons (Fsp3) is 0.200. The zero-order valence-corrected chi connectivity index (χ0v) is 7.70. The maximum atomic E-state index is 10.5. The third-order valence-electron chi connectivity index (χ3n) is 2.40. The molecule has 0 aliphatic heterocycles. The van der Waals surface area contributed by atoms with E-state index in [4.69, 9.17) is 0 Å². The first-order valence-electron chi connectivity index (χ1n) is 4.42. The second kappa shape index (κ2) is 3.45. The highest BCUT2D eigenvalue weighted by molar-refractivity contribution is 5.60. The van der Waals surface area contributed by atoms with Crippen LogP contribution < -0.4 is 0 Å². The Kier molecular flexibility index (Phi) is 2.26. The van der Waals surface area contributed by atoms with Crippen molar-refractivity contribution in [1.82, 2.24) is 0 Å². The summed E-state index contributed by atoms with van der Waals surface area (Å²) in [5.74, 6) is 0. The highest BCUT2D eigenvalue weighted by Crippen LogP contribution is 2.30. The standard InChI is InChI=1S/C10H9NO4/c12-9-4-2-6-1-3-7(11(14)15)5-8(6)10(9)13/h1-5,9-10,12-13H/t9-,10+/m0/s1. The molecule has 0 spiro atoms. The molecular weight excluding hydrogens is 198 g/mol. The first kappa shape index (κ1) is 9.82. The van der Waals surface area contributed by atoms with Gasteiger partial charge in [-0.15, -0.1) is 0 Å². The summed E-state index contributed by atoms with van der Waals surface area (Å²) in [4.78, 5) is 9.99. The van der Waals surface area contributed by atoms with E-state index < -0.39 is 17.1 Å². The molecule has 2 rings (SSSR count). The predicted octanol–water partition coefficient (Wildman–Crippen LogP) is 1.02. The molecule has 0 saturated heterocycles. The predicted molar refractivity (Wildman–Crippen MR) is 53.1 cm³/mol. The van der Waals surface area contributed by atoms with E-state index in [1.165, 1.54) is 18.2 Å². The molecule has 0 radical (unpaired) electrons. The molecule has 1 aliphatic rings. The van der Waals surface area contributed by atoms with Gasteiger partial charge in [0.05, 0.1) is 4.92 Å². The Bertz CT molecular complexity index is 441. The number of nitro benzene ring substituents is 1. The molecule has 2 N–H and O–H groups in total. The summed E-state index contributed by atoms with van der Waals surface area (Å²) in [6, 6.07) is 4.21. The summed E-state index contributed by atoms with van der Waals surface area (Å²) in [6.07, 6.45) is 0.999. The minimum absolute atomic E-state index is 0.0877. The summed E-state index contributed by atoms with van der Waals surface area (Å²) in [5, 5.41) is 29.5. The number of fused-ring (bicyclic) bond motifs is 1. The fourth-order valence-corrected chi connectivity index (χ4v) is 1.58. The minimum atomic E-state index is -1.09. The van der Waals surface area contributed by atoms with Gasteiger partial charge in [-0.05, 0) is 17.2 Å². The Morgan fingerprint density at radius 2 is 2.07 bits per heavy atom. The van der Waals surface area contributed by atoms with E-state index in [0.29, 0.717) is 11.1 Å². The van der Waals surface area contributed by atoms with Crippen LogP contribution in [0.25, 0.3) is 6.08 Å². The van der Waals surface area contributed by atoms with Gasteiger partial charge in [-0.25, -0.2) is 0 Å². The van der Waals surface area contributed by atoms with Gasteiger partial charge in [-0.1, -0.05) is 12.2 Å². The lowest BCUT2D eigenvalue weighted by Crippen LogP contribution is -2.19. The van der Waals surface area contributed by atoms with E-state index in [1.807, 2.05) is 0 Å². The Labute approximate surface area is 85.4 Å². The summed E-state index contributed by atoms with van der Waals surface area (Å²) in [6.45, 7) is 0. The van der Waals surface area contributed by atoms with Gasteiger partial charge >= 0.3 is 0 Å². The Morgan fingerprint density at radius 3 is 2.73 bits per heavy atom. The molecule has 0 bridgehead atoms. The SMILES string of the molecule is O=[N+]([O-])c1ccc2c(c1)[C@@H](O)[C@@H](O)C=C2. The first-order valence-corrected chi connectivity index (χ1v) is 4.42. The van der Waals surface area contributed by atoms with Gasteiger partial charge in [0, 0.05) is 12.1 Å². The molecule has 5 nitrogen and oxygen atoms in total. The lowest BCUT2D eigenvalue weighted by atomic mass is 9.92. The maximum absolute atomic E-state index is 10.5. The number of hydrogen-bond acceptors (Lipinski definition) is 4. The van der Waals surface area contributed by atoms with Gasteiger partial charge < -0.3 is 10.2 Å². The molecule has 78 valence electrons. The zero-order valence-electron chi connectivity index (χ0n) is 7.70. The maximum Gasteiger partial charge on any atom is 0.269 e. The molecule has 1 aromatic rings. The third-order valence-corrected chi connectivity index (χ3v) is 2.40. The Balaban J connectivity index is 2.52. The van der Waals surface area contributed by atoms with Crippen molar-refractivity contribution in [3.8, 4) is 0 Å². The number of nitro groups is 1. The van der Waals surface area contributed by atoms with Crippen molar-refractivity contribution < 1.29 is 15.1 Å². The summed E-state index contributed by atoms with van der Waals surface area (Å²) >= 11 is 0. The van der Waals surface area contributed by atoms with E-state index in [1.54, 1.807) is 12.1 Å². The van der Waals surface area contributed by atoms with Crippen molar-refractivity contribution in [3.63, 3.8) is 0 Å². The smallest absolute Gasteiger partial charge is 0.269 e. The number of aliphatic hydroxyl groups is 2. The van der Waals surface area contributed by atoms with Gasteiger partial charge in [0.15, 0.2) is 0 Å². The molecule has 0 saturated carbocycles. The number of nitrogens with zero attached hydrogens (tertiary/aromatic N) is 1. The van der Waals surface area contributed by atoms with Crippen LogP contribution in [0, 0.1) is 10.1 Å². The highest BCUT2D eigenvalue weighted by Gasteiger charge is 2.24. The van der Waals surface area contributed by atoms with Crippen LogP contribution in [0.5, 0.6) is 0 Å². The number of rotatable bonds is 1. The van der Waals surface area contributed by atoms with Crippen molar-refractivity contribution in [2.45, 2.75) is 12.2 Å². The number of non-ortho nitro benzene ring substituents is 1. The molecule has 1 aromatic carbocycles. The molecule has 0 unspecified atom stereocenters. The van der Waals surface area contributed by atoms with E-state index in [2.05, 4.69) is 0 Å². The van der Waals surface area contributed by atoms with Crippen LogP contribution in [0.4, 0.5) is 5.69 Å². The lowest BCUT2D eigenvalue weighted by Gasteiger charge is -2.21. The summed E-state index contributed by atoms with van der Waals surface area (Å²) < 4.78 is 0. The van der Waals surface area contributed by atoms with E-state index in [-0.39, 0.29) is 5.69 Å². The molecular formula is C10H9NO4. The first-order chi connectivity index (χ1) is 7.09. The highest BCUT2D eigenvalue weighted by atomic mass is 16.6. The minimum Gasteiger partial charge on any atom is -0.386 e. The van der Waals surface area contributed by atoms with Gasteiger partial charge in [0.1, 0.15) is 12.2 Å². The quantitative estimate of drug-likeness (QED) is 0.531. The van der Waals surface area contributed by atoms with Crippen LogP contribution in [-0.2, 0) is 0 Å². The van der Waals surface area contributed by atoms with Crippen LogP contribution >= 0.6 is 0 Å². The average molecular weight is 207 g/mol. The number of hydrogen-bond donors (Lipinski definition) is 2. The molecule has 0 heterocycles. The largest absolute Gasteiger partial charge is 0.386 e. The fourth-order valence-electron chi connectivity index (χ4n) is 1.58. The van der Waals surface area contributed by atoms with Gasteiger partial charge in [-0.2, -0.15) is 0 Å². The van der Waals surface area contributed by atoms with Crippen LogP contribution in [0.3, 0.4) is 0 Å². The van der Waals surface area contributed by atoms with Crippen molar-refractivity contribution in [3.05, 3.63) is 45.5 Å². The Morgan fingerprint density at radius 1 is 1.33 bits per heavy atom. The normalized spacial score (nSPS) is 23.6. The van der Waals surface area contributed by atoms with E-state index in [9.17, 15) is 20.3 Å². The van der Waals surface area contributed by atoms with Crippen LogP contribution in [0.1, 0.15) is 17.2 Å².